The van der Waals surface area contributed by atoms with Crippen LogP contribution in [0.4, 0.5) is 5.69 Å². The van der Waals surface area contributed by atoms with Crippen molar-refractivity contribution in [3.8, 4) is 0 Å². The van der Waals surface area contributed by atoms with Crippen molar-refractivity contribution in [3.63, 3.8) is 0 Å². The molecule has 0 fully saturated rings. The molecule has 0 radical (unpaired) electrons. The Hall–Kier alpha value is -1.77. The van der Waals surface area contributed by atoms with Gasteiger partial charge < -0.3 is 20.1 Å². The minimum absolute atomic E-state index is 0. The van der Waals surface area contributed by atoms with E-state index in [2.05, 4.69) is 65.7 Å². The monoisotopic (exact) mass is 485 g/mol. The molecular weight excluding hydrogens is 453 g/mol. The molecule has 0 aliphatic carbocycles. The fourth-order valence-electron chi connectivity index (χ4n) is 2.76. The molecule has 1 heterocycles. The van der Waals surface area contributed by atoms with Gasteiger partial charge in [-0.1, -0.05) is 31.1 Å². The van der Waals surface area contributed by atoms with Crippen LogP contribution in [-0.2, 0) is 25.9 Å². The third kappa shape index (κ3) is 6.71. The van der Waals surface area contributed by atoms with Gasteiger partial charge in [-0.25, -0.2) is 4.99 Å². The largest absolute Gasteiger partial charge is 0.378 e. The highest BCUT2D eigenvalue weighted by Crippen LogP contribution is 2.16. The van der Waals surface area contributed by atoms with Crippen LogP contribution in [0.25, 0.3) is 0 Å². The van der Waals surface area contributed by atoms with Crippen LogP contribution in [0.3, 0.4) is 0 Å². The van der Waals surface area contributed by atoms with Gasteiger partial charge in [0.25, 0.3) is 0 Å². The molecule has 0 aliphatic rings. The van der Waals surface area contributed by atoms with E-state index < -0.39 is 0 Å². The third-order valence-electron chi connectivity index (χ3n) is 4.23. The number of halogens is 1. The summed E-state index contributed by atoms with van der Waals surface area (Å²) in [6.45, 7) is 8.35. The number of nitrogens with zero attached hydrogens (tertiary/aromatic N) is 3. The first-order valence-corrected chi connectivity index (χ1v) is 9.33. The Balaban J connectivity index is 0.00000364. The van der Waals surface area contributed by atoms with Crippen LogP contribution in [0.5, 0.6) is 0 Å². The lowest BCUT2D eigenvalue weighted by atomic mass is 10.1. The van der Waals surface area contributed by atoms with E-state index in [4.69, 9.17) is 9.52 Å². The first-order valence-electron chi connectivity index (χ1n) is 9.33. The van der Waals surface area contributed by atoms with Crippen LogP contribution in [0, 0.1) is 0 Å². The number of aromatic nitrogens is 1. The van der Waals surface area contributed by atoms with E-state index >= 15 is 0 Å². The van der Waals surface area contributed by atoms with E-state index in [9.17, 15) is 0 Å². The molecule has 6 nitrogen and oxygen atoms in total. The molecular formula is C20H32IN5O. The highest BCUT2D eigenvalue weighted by Gasteiger charge is 2.13. The summed E-state index contributed by atoms with van der Waals surface area (Å²) in [5.41, 5.74) is 4.53. The van der Waals surface area contributed by atoms with Crippen LogP contribution >= 0.6 is 24.0 Å². The predicted molar refractivity (Wildman–Crippen MR) is 123 cm³/mol. The summed E-state index contributed by atoms with van der Waals surface area (Å²) in [5, 5.41) is 10.9. The lowest BCUT2D eigenvalue weighted by Crippen LogP contribution is -2.37. The number of aryl methyl sites for hydroxylation is 2. The summed E-state index contributed by atoms with van der Waals surface area (Å²) in [5.74, 6) is 1.75. The van der Waals surface area contributed by atoms with Crippen molar-refractivity contribution in [2.75, 3.05) is 25.5 Å². The Kier molecular flexibility index (Phi) is 10.2. The molecule has 0 aliphatic heterocycles. The van der Waals surface area contributed by atoms with Gasteiger partial charge >= 0.3 is 0 Å². The topological polar surface area (TPSA) is 65.7 Å². The van der Waals surface area contributed by atoms with Gasteiger partial charge in [0.1, 0.15) is 5.76 Å². The van der Waals surface area contributed by atoms with Crippen molar-refractivity contribution in [2.24, 2.45) is 4.99 Å². The van der Waals surface area contributed by atoms with Crippen LogP contribution in [0.1, 0.15) is 43.4 Å². The van der Waals surface area contributed by atoms with Crippen LogP contribution in [-0.4, -0.2) is 31.8 Å². The van der Waals surface area contributed by atoms with Crippen LogP contribution < -0.4 is 15.5 Å². The highest BCUT2D eigenvalue weighted by molar-refractivity contribution is 14.0. The molecule has 150 valence electrons. The summed E-state index contributed by atoms with van der Waals surface area (Å²) in [6.07, 6.45) is 1.71. The Morgan fingerprint density at radius 3 is 2.56 bits per heavy atom. The van der Waals surface area contributed by atoms with E-state index in [0.717, 1.165) is 42.4 Å². The van der Waals surface area contributed by atoms with Gasteiger partial charge in [-0.05, 0) is 31.0 Å². The van der Waals surface area contributed by atoms with E-state index in [1.54, 1.807) is 0 Å². The normalized spacial score (nSPS) is 11.1. The molecule has 2 N–H and O–H groups in total. The van der Waals surface area contributed by atoms with Crippen molar-refractivity contribution in [2.45, 2.75) is 46.7 Å². The van der Waals surface area contributed by atoms with Gasteiger partial charge in [-0.2, -0.15) is 0 Å². The maximum atomic E-state index is 5.44. The minimum Gasteiger partial charge on any atom is -0.378 e. The zero-order chi connectivity index (χ0) is 18.9. The van der Waals surface area contributed by atoms with Crippen molar-refractivity contribution < 1.29 is 4.52 Å². The predicted octanol–water partition coefficient (Wildman–Crippen LogP) is 3.74. The average molecular weight is 485 g/mol. The lowest BCUT2D eigenvalue weighted by Gasteiger charge is -2.14. The lowest BCUT2D eigenvalue weighted by molar-refractivity contribution is 0.380. The summed E-state index contributed by atoms with van der Waals surface area (Å²) >= 11 is 0. The quantitative estimate of drug-likeness (QED) is 0.339. The number of anilines is 1. The number of hydrogen-bond acceptors (Lipinski definition) is 4. The van der Waals surface area contributed by atoms with Gasteiger partial charge in [0.05, 0.1) is 12.2 Å². The van der Waals surface area contributed by atoms with Gasteiger partial charge in [0.2, 0.25) is 0 Å². The highest BCUT2D eigenvalue weighted by atomic mass is 127. The first kappa shape index (κ1) is 23.3. The SMILES string of the molecule is CCNC(=NCc1cccc(N(C)C)c1)NCc1c(CC)noc1CC.I. The number of guanidine groups is 1. The third-order valence-corrected chi connectivity index (χ3v) is 4.23. The standard InChI is InChI=1S/C20H31N5O.HI/c1-6-18-17(19(7-2)26-24-18)14-23-20(21-8-3)22-13-15-10-9-11-16(12-15)25(4)5;/h9-12H,6-8,13-14H2,1-5H3,(H2,21,22,23);1H. The molecule has 0 bridgehead atoms. The molecule has 27 heavy (non-hydrogen) atoms. The smallest absolute Gasteiger partial charge is 0.191 e. The minimum atomic E-state index is 0. The average Bonchev–Trinajstić information content (AvgIpc) is 3.06. The fraction of sp³-hybridized carbons (Fsp3) is 0.500. The van der Waals surface area contributed by atoms with E-state index in [1.807, 2.05) is 14.1 Å². The van der Waals surface area contributed by atoms with E-state index in [-0.39, 0.29) is 24.0 Å². The van der Waals surface area contributed by atoms with Crippen LogP contribution in [0.15, 0.2) is 33.8 Å². The molecule has 0 saturated heterocycles. The summed E-state index contributed by atoms with van der Waals surface area (Å²) in [6, 6.07) is 8.43. The Morgan fingerprint density at radius 1 is 1.15 bits per heavy atom. The van der Waals surface area contributed by atoms with Gasteiger partial charge in [0, 0.05) is 44.9 Å². The molecule has 0 spiro atoms. The van der Waals surface area contributed by atoms with Crippen molar-refractivity contribution in [3.05, 3.63) is 46.8 Å². The number of benzene rings is 1. The molecule has 0 atom stereocenters. The molecule has 0 amide bonds. The molecule has 1 aromatic heterocycles. The number of nitrogens with one attached hydrogen (secondary N) is 2. The van der Waals surface area contributed by atoms with Crippen LogP contribution in [0.2, 0.25) is 0 Å². The van der Waals surface area contributed by atoms with Gasteiger partial charge in [-0.3, -0.25) is 0 Å². The van der Waals surface area contributed by atoms with Crippen molar-refractivity contribution in [1.29, 1.82) is 0 Å². The Morgan fingerprint density at radius 2 is 1.93 bits per heavy atom. The second kappa shape index (κ2) is 11.8. The molecule has 0 saturated carbocycles. The summed E-state index contributed by atoms with van der Waals surface area (Å²) in [4.78, 5) is 6.82. The molecule has 1 aromatic carbocycles. The molecule has 2 aromatic rings. The molecule has 0 unspecified atom stereocenters. The number of hydrogen-bond donors (Lipinski definition) is 2. The summed E-state index contributed by atoms with van der Waals surface area (Å²) in [7, 11) is 4.09. The second-order valence-corrected chi connectivity index (χ2v) is 6.35. The van der Waals surface area contributed by atoms with E-state index in [0.29, 0.717) is 13.1 Å². The van der Waals surface area contributed by atoms with Crippen molar-refractivity contribution >= 4 is 35.6 Å². The first-order chi connectivity index (χ1) is 12.6. The number of aliphatic imine (C=N–C) groups is 1. The Bertz CT molecular complexity index is 705. The fourth-order valence-corrected chi connectivity index (χ4v) is 2.76. The Labute approximate surface area is 179 Å². The zero-order valence-corrected chi connectivity index (χ0v) is 19.3. The van der Waals surface area contributed by atoms with Gasteiger partial charge in [0.15, 0.2) is 5.96 Å². The zero-order valence-electron chi connectivity index (χ0n) is 17.0. The molecule has 2 rings (SSSR count). The van der Waals surface area contributed by atoms with Crippen molar-refractivity contribution in [1.82, 2.24) is 15.8 Å². The maximum Gasteiger partial charge on any atom is 0.191 e. The van der Waals surface area contributed by atoms with E-state index in [1.165, 1.54) is 11.3 Å². The second-order valence-electron chi connectivity index (χ2n) is 6.35. The maximum absolute atomic E-state index is 5.44. The summed E-state index contributed by atoms with van der Waals surface area (Å²) < 4.78 is 5.44. The van der Waals surface area contributed by atoms with Gasteiger partial charge in [-0.15, -0.1) is 24.0 Å². The number of rotatable bonds is 8. The molecule has 7 heteroatoms.